The standard InChI is InChI=1S/C5H4BrN3O2/c6-4-1-3(7)2-5(8-4)9(10)11/h1-2H,(H2,7,8). The van der Waals surface area contributed by atoms with Gasteiger partial charge in [-0.05, 0) is 9.91 Å². The molecule has 6 heteroatoms. The van der Waals surface area contributed by atoms with Crippen LogP contribution in [0.15, 0.2) is 16.7 Å². The van der Waals surface area contributed by atoms with Crippen molar-refractivity contribution in [3.8, 4) is 0 Å². The molecule has 58 valence electrons. The van der Waals surface area contributed by atoms with Gasteiger partial charge < -0.3 is 15.8 Å². The Balaban J connectivity index is 3.19. The Morgan fingerprint density at radius 1 is 1.64 bits per heavy atom. The van der Waals surface area contributed by atoms with Gasteiger partial charge in [0.25, 0.3) is 0 Å². The van der Waals surface area contributed by atoms with Crippen molar-refractivity contribution in [2.45, 2.75) is 0 Å². The molecule has 0 radical (unpaired) electrons. The lowest BCUT2D eigenvalue weighted by molar-refractivity contribution is -0.389. The monoisotopic (exact) mass is 217 g/mol. The van der Waals surface area contributed by atoms with Crippen molar-refractivity contribution in [2.24, 2.45) is 0 Å². The van der Waals surface area contributed by atoms with Gasteiger partial charge in [0.05, 0.1) is 6.07 Å². The van der Waals surface area contributed by atoms with Crippen LogP contribution >= 0.6 is 15.9 Å². The Morgan fingerprint density at radius 2 is 2.27 bits per heavy atom. The highest BCUT2D eigenvalue weighted by Gasteiger charge is 2.09. The number of nitro groups is 1. The second-order valence-electron chi connectivity index (χ2n) is 1.84. The summed E-state index contributed by atoms with van der Waals surface area (Å²) < 4.78 is 0.365. The maximum absolute atomic E-state index is 10.2. The molecule has 1 aromatic rings. The minimum Gasteiger partial charge on any atom is -0.398 e. The van der Waals surface area contributed by atoms with Gasteiger partial charge in [0, 0.05) is 27.7 Å². The van der Waals surface area contributed by atoms with Gasteiger partial charge in [-0.15, -0.1) is 0 Å². The van der Waals surface area contributed by atoms with Crippen molar-refractivity contribution < 1.29 is 4.92 Å². The fourth-order valence-electron chi connectivity index (χ4n) is 0.596. The van der Waals surface area contributed by atoms with Crippen molar-refractivity contribution in [3.63, 3.8) is 0 Å². The summed E-state index contributed by atoms with van der Waals surface area (Å²) >= 11 is 2.99. The third kappa shape index (κ3) is 1.87. The molecule has 0 aromatic carbocycles. The van der Waals surface area contributed by atoms with Gasteiger partial charge in [0.2, 0.25) is 4.60 Å². The zero-order valence-corrected chi connectivity index (χ0v) is 6.91. The number of nitrogens with zero attached hydrogens (tertiary/aromatic N) is 2. The Hall–Kier alpha value is -1.17. The van der Waals surface area contributed by atoms with E-state index in [1.165, 1.54) is 12.1 Å². The molecule has 0 unspecified atom stereocenters. The molecule has 0 fully saturated rings. The molecule has 0 aliphatic carbocycles. The van der Waals surface area contributed by atoms with E-state index in [1.807, 2.05) is 0 Å². The molecule has 0 bridgehead atoms. The molecule has 0 saturated heterocycles. The minimum absolute atomic E-state index is 0.253. The number of hydrogen-bond acceptors (Lipinski definition) is 4. The summed E-state index contributed by atoms with van der Waals surface area (Å²) in [6, 6.07) is 2.69. The fourth-order valence-corrected chi connectivity index (χ4v) is 1.04. The predicted octanol–water partition coefficient (Wildman–Crippen LogP) is 1.33. The van der Waals surface area contributed by atoms with Crippen molar-refractivity contribution >= 4 is 27.4 Å². The molecule has 0 aliphatic rings. The maximum Gasteiger partial charge on any atom is 0.366 e. The Morgan fingerprint density at radius 3 is 2.73 bits per heavy atom. The lowest BCUT2D eigenvalue weighted by Crippen LogP contribution is -1.94. The summed E-state index contributed by atoms with van der Waals surface area (Å²) in [5, 5.41) is 10.2. The van der Waals surface area contributed by atoms with Crippen molar-refractivity contribution in [3.05, 3.63) is 26.9 Å². The molecule has 5 nitrogen and oxygen atoms in total. The van der Waals surface area contributed by atoms with Gasteiger partial charge in [0.1, 0.15) is 0 Å². The first-order valence-corrected chi connectivity index (χ1v) is 3.46. The third-order valence-electron chi connectivity index (χ3n) is 0.990. The molecule has 0 spiro atoms. The number of nitrogen functional groups attached to an aromatic ring is 1. The van der Waals surface area contributed by atoms with E-state index in [-0.39, 0.29) is 5.82 Å². The number of nitrogens with two attached hydrogens (primary N) is 1. The van der Waals surface area contributed by atoms with Gasteiger partial charge in [-0.25, -0.2) is 0 Å². The zero-order valence-electron chi connectivity index (χ0n) is 5.32. The number of aromatic nitrogens is 1. The summed E-state index contributed by atoms with van der Waals surface area (Å²) in [4.78, 5) is 13.1. The molecule has 0 amide bonds. The summed E-state index contributed by atoms with van der Waals surface area (Å²) in [5.74, 6) is -0.253. The molecular weight excluding hydrogens is 214 g/mol. The smallest absolute Gasteiger partial charge is 0.366 e. The molecular formula is C5H4BrN3O2. The average Bonchev–Trinajstić information content (AvgIpc) is 1.85. The van der Waals surface area contributed by atoms with Crippen LogP contribution in [-0.2, 0) is 0 Å². The summed E-state index contributed by atoms with van der Waals surface area (Å²) in [6.45, 7) is 0. The van der Waals surface area contributed by atoms with E-state index in [4.69, 9.17) is 5.73 Å². The van der Waals surface area contributed by atoms with E-state index in [0.29, 0.717) is 10.3 Å². The minimum atomic E-state index is -0.596. The highest BCUT2D eigenvalue weighted by molar-refractivity contribution is 9.10. The predicted molar refractivity (Wildman–Crippen MR) is 43.0 cm³/mol. The van der Waals surface area contributed by atoms with E-state index < -0.39 is 4.92 Å². The summed E-state index contributed by atoms with van der Waals surface area (Å²) in [7, 11) is 0. The Kier molecular flexibility index (Phi) is 2.04. The Bertz CT molecular complexity index is 282. The van der Waals surface area contributed by atoms with Crippen LogP contribution in [0.4, 0.5) is 11.5 Å². The normalized spacial score (nSPS) is 9.55. The largest absolute Gasteiger partial charge is 0.398 e. The van der Waals surface area contributed by atoms with E-state index in [0.717, 1.165) is 0 Å². The number of rotatable bonds is 1. The third-order valence-corrected chi connectivity index (χ3v) is 1.40. The maximum atomic E-state index is 10.2. The van der Waals surface area contributed by atoms with Gasteiger partial charge in [0.15, 0.2) is 0 Å². The zero-order chi connectivity index (χ0) is 8.43. The molecule has 2 N–H and O–H groups in total. The van der Waals surface area contributed by atoms with Crippen LogP contribution in [0.2, 0.25) is 0 Å². The van der Waals surface area contributed by atoms with E-state index in [1.54, 1.807) is 0 Å². The summed E-state index contributed by atoms with van der Waals surface area (Å²) in [6.07, 6.45) is 0. The van der Waals surface area contributed by atoms with Crippen LogP contribution in [-0.4, -0.2) is 9.91 Å². The fraction of sp³-hybridized carbons (Fsp3) is 0. The number of anilines is 1. The first-order chi connectivity index (χ1) is 5.09. The van der Waals surface area contributed by atoms with Crippen LogP contribution in [0.1, 0.15) is 0 Å². The first kappa shape index (κ1) is 7.93. The van der Waals surface area contributed by atoms with Crippen LogP contribution in [0.3, 0.4) is 0 Å². The molecule has 0 saturated carbocycles. The van der Waals surface area contributed by atoms with E-state index in [9.17, 15) is 10.1 Å². The van der Waals surface area contributed by atoms with Crippen LogP contribution < -0.4 is 5.73 Å². The SMILES string of the molecule is Nc1cc(Br)nc([N+](=O)[O-])c1. The quantitative estimate of drug-likeness (QED) is 0.438. The van der Waals surface area contributed by atoms with Gasteiger partial charge >= 0.3 is 5.82 Å². The lowest BCUT2D eigenvalue weighted by Gasteiger charge is -1.93. The van der Waals surface area contributed by atoms with Crippen molar-refractivity contribution in [1.82, 2.24) is 4.98 Å². The van der Waals surface area contributed by atoms with Gasteiger partial charge in [-0.3, -0.25) is 0 Å². The Labute approximate surface area is 70.5 Å². The van der Waals surface area contributed by atoms with Gasteiger partial charge in [-0.2, -0.15) is 0 Å². The molecule has 1 rings (SSSR count). The average molecular weight is 218 g/mol. The molecule has 0 atom stereocenters. The second-order valence-corrected chi connectivity index (χ2v) is 2.65. The van der Waals surface area contributed by atoms with Crippen LogP contribution in [0.25, 0.3) is 0 Å². The van der Waals surface area contributed by atoms with Crippen molar-refractivity contribution in [2.75, 3.05) is 5.73 Å². The number of hydrogen-bond donors (Lipinski definition) is 1. The summed E-state index contributed by atoms with van der Waals surface area (Å²) in [5.41, 5.74) is 5.64. The molecule has 11 heavy (non-hydrogen) atoms. The number of halogens is 1. The topological polar surface area (TPSA) is 82.0 Å². The van der Waals surface area contributed by atoms with Crippen LogP contribution in [0, 0.1) is 10.1 Å². The molecule has 1 aromatic heterocycles. The van der Waals surface area contributed by atoms with Gasteiger partial charge in [-0.1, -0.05) is 0 Å². The van der Waals surface area contributed by atoms with E-state index >= 15 is 0 Å². The molecule has 0 aliphatic heterocycles. The van der Waals surface area contributed by atoms with E-state index in [2.05, 4.69) is 20.9 Å². The first-order valence-electron chi connectivity index (χ1n) is 2.67. The second kappa shape index (κ2) is 2.83. The lowest BCUT2D eigenvalue weighted by atomic mass is 10.4. The van der Waals surface area contributed by atoms with Crippen molar-refractivity contribution in [1.29, 1.82) is 0 Å². The molecule has 1 heterocycles. The number of pyridine rings is 1. The van der Waals surface area contributed by atoms with Crippen LogP contribution in [0.5, 0.6) is 0 Å². The highest BCUT2D eigenvalue weighted by Crippen LogP contribution is 2.17. The highest BCUT2D eigenvalue weighted by atomic mass is 79.9.